The third kappa shape index (κ3) is 4.83. The zero-order valence-corrected chi connectivity index (χ0v) is 15.8. The first-order valence-corrected chi connectivity index (χ1v) is 10.2. The summed E-state index contributed by atoms with van der Waals surface area (Å²) in [7, 11) is 0. The molecule has 2 amide bonds. The highest BCUT2D eigenvalue weighted by atomic mass is 32.2. The highest BCUT2D eigenvalue weighted by molar-refractivity contribution is 7.99. The normalized spacial score (nSPS) is 14.6. The van der Waals surface area contributed by atoms with Crippen molar-refractivity contribution in [1.82, 2.24) is 14.8 Å². The maximum absolute atomic E-state index is 12.4. The number of carbonyl (C=O) groups is 2. The van der Waals surface area contributed by atoms with Gasteiger partial charge in [-0.25, -0.2) is 0 Å². The molecule has 0 N–H and O–H groups in total. The van der Waals surface area contributed by atoms with Crippen LogP contribution in [0.4, 0.5) is 0 Å². The second-order valence-electron chi connectivity index (χ2n) is 5.90. The Labute approximate surface area is 156 Å². The molecule has 1 saturated heterocycles. The van der Waals surface area contributed by atoms with Gasteiger partial charge in [-0.1, -0.05) is 6.07 Å². The van der Waals surface area contributed by atoms with Crippen LogP contribution in [0.5, 0.6) is 0 Å². The van der Waals surface area contributed by atoms with Gasteiger partial charge in [-0.3, -0.25) is 14.6 Å². The minimum atomic E-state index is 0.0784. The van der Waals surface area contributed by atoms with Gasteiger partial charge in [0.05, 0.1) is 16.3 Å². The second kappa shape index (κ2) is 8.49. The number of aryl methyl sites for hydroxylation is 1. The quantitative estimate of drug-likeness (QED) is 0.806. The van der Waals surface area contributed by atoms with Crippen molar-refractivity contribution in [3.63, 3.8) is 0 Å². The molecule has 0 aromatic carbocycles. The number of hydrogen-bond acceptors (Lipinski definition) is 5. The molecule has 25 heavy (non-hydrogen) atoms. The molecule has 7 heteroatoms. The van der Waals surface area contributed by atoms with Crippen molar-refractivity contribution in [3.8, 4) is 0 Å². The van der Waals surface area contributed by atoms with Crippen LogP contribution in [0.2, 0.25) is 0 Å². The Hall–Kier alpha value is -1.86. The second-order valence-corrected chi connectivity index (χ2v) is 8.17. The summed E-state index contributed by atoms with van der Waals surface area (Å²) in [5.74, 6) is 1.41. The molecule has 0 aliphatic carbocycles. The molecule has 1 aliphatic heterocycles. The summed E-state index contributed by atoms with van der Waals surface area (Å²) >= 11 is 3.11. The summed E-state index contributed by atoms with van der Waals surface area (Å²) in [4.78, 5) is 34.6. The van der Waals surface area contributed by atoms with Gasteiger partial charge < -0.3 is 9.80 Å². The molecule has 132 valence electrons. The van der Waals surface area contributed by atoms with Gasteiger partial charge in [-0.15, -0.1) is 23.1 Å². The number of amides is 2. The molecule has 2 aromatic heterocycles. The van der Waals surface area contributed by atoms with Crippen molar-refractivity contribution in [3.05, 3.63) is 52.0 Å². The van der Waals surface area contributed by atoms with Crippen molar-refractivity contribution in [2.45, 2.75) is 12.7 Å². The Kier molecular flexibility index (Phi) is 6.09. The Morgan fingerprint density at radius 2 is 1.88 bits per heavy atom. The minimum absolute atomic E-state index is 0.0784. The smallest absolute Gasteiger partial charge is 0.264 e. The summed E-state index contributed by atoms with van der Waals surface area (Å²) in [6, 6.07) is 9.66. The predicted molar refractivity (Wildman–Crippen MR) is 102 cm³/mol. The maximum Gasteiger partial charge on any atom is 0.264 e. The predicted octanol–water partition coefficient (Wildman–Crippen LogP) is 2.67. The van der Waals surface area contributed by atoms with Gasteiger partial charge in [0.2, 0.25) is 5.91 Å². The van der Waals surface area contributed by atoms with Crippen LogP contribution in [0.1, 0.15) is 20.2 Å². The zero-order valence-electron chi connectivity index (χ0n) is 14.2. The van der Waals surface area contributed by atoms with Crippen LogP contribution in [0.15, 0.2) is 36.5 Å². The molecule has 1 aliphatic rings. The largest absolute Gasteiger partial charge is 0.338 e. The first kappa shape index (κ1) is 17.9. The number of thioether (sulfide) groups is 1. The van der Waals surface area contributed by atoms with E-state index >= 15 is 0 Å². The third-order valence-electron chi connectivity index (χ3n) is 4.07. The Bertz CT molecular complexity index is 725. The van der Waals surface area contributed by atoms with Crippen molar-refractivity contribution in [2.24, 2.45) is 0 Å². The SMILES string of the molecule is Cc1ccc(C(=O)N2CCN(C(=O)CSCc3ccccn3)CC2)s1. The molecular formula is C18H21N3O2S2. The molecule has 0 bridgehead atoms. The average Bonchev–Trinajstić information content (AvgIpc) is 3.08. The summed E-state index contributed by atoms with van der Waals surface area (Å²) in [5.41, 5.74) is 0.988. The van der Waals surface area contributed by atoms with E-state index in [-0.39, 0.29) is 11.8 Å². The van der Waals surface area contributed by atoms with E-state index in [4.69, 9.17) is 0 Å². The topological polar surface area (TPSA) is 53.5 Å². The molecule has 2 aromatic rings. The molecule has 0 unspecified atom stereocenters. The van der Waals surface area contributed by atoms with Gasteiger partial charge in [0.25, 0.3) is 5.91 Å². The number of carbonyl (C=O) groups excluding carboxylic acids is 2. The fourth-order valence-electron chi connectivity index (χ4n) is 2.68. The summed E-state index contributed by atoms with van der Waals surface area (Å²) in [6.45, 7) is 4.43. The molecule has 0 spiro atoms. The van der Waals surface area contributed by atoms with E-state index in [1.807, 2.05) is 47.1 Å². The summed E-state index contributed by atoms with van der Waals surface area (Å²) < 4.78 is 0. The lowest BCUT2D eigenvalue weighted by atomic mass is 10.3. The molecular weight excluding hydrogens is 354 g/mol. The third-order valence-corrected chi connectivity index (χ3v) is 6.01. The molecule has 0 saturated carbocycles. The Morgan fingerprint density at radius 1 is 1.12 bits per heavy atom. The van der Waals surface area contributed by atoms with E-state index in [2.05, 4.69) is 4.98 Å². The molecule has 3 heterocycles. The maximum atomic E-state index is 12.4. The lowest BCUT2D eigenvalue weighted by molar-refractivity contribution is -0.129. The number of pyridine rings is 1. The number of aromatic nitrogens is 1. The first-order valence-electron chi connectivity index (χ1n) is 8.24. The highest BCUT2D eigenvalue weighted by Crippen LogP contribution is 2.18. The molecule has 5 nitrogen and oxygen atoms in total. The van der Waals surface area contributed by atoms with Crippen LogP contribution in [0, 0.1) is 6.92 Å². The Morgan fingerprint density at radius 3 is 2.52 bits per heavy atom. The van der Waals surface area contributed by atoms with Gasteiger partial charge in [-0.2, -0.15) is 0 Å². The number of nitrogens with zero attached hydrogens (tertiary/aromatic N) is 3. The van der Waals surface area contributed by atoms with Gasteiger partial charge in [0, 0.05) is 43.0 Å². The highest BCUT2D eigenvalue weighted by Gasteiger charge is 2.25. The molecule has 3 rings (SSSR count). The van der Waals surface area contributed by atoms with Gasteiger partial charge in [0.1, 0.15) is 0 Å². The Balaban J connectivity index is 1.42. The molecule has 0 radical (unpaired) electrons. The fraction of sp³-hybridized carbons (Fsp3) is 0.389. The monoisotopic (exact) mass is 375 g/mol. The van der Waals surface area contributed by atoms with E-state index < -0.39 is 0 Å². The molecule has 0 atom stereocenters. The summed E-state index contributed by atoms with van der Waals surface area (Å²) in [5, 5.41) is 0. The van der Waals surface area contributed by atoms with Gasteiger partial charge in [0.15, 0.2) is 0 Å². The van der Waals surface area contributed by atoms with Gasteiger partial charge >= 0.3 is 0 Å². The van der Waals surface area contributed by atoms with Crippen LogP contribution in [-0.4, -0.2) is 58.5 Å². The fourth-order valence-corrected chi connectivity index (χ4v) is 4.36. The van der Waals surface area contributed by atoms with E-state index in [0.717, 1.165) is 21.2 Å². The van der Waals surface area contributed by atoms with Crippen molar-refractivity contribution in [1.29, 1.82) is 0 Å². The first-order chi connectivity index (χ1) is 12.1. The van der Waals surface area contributed by atoms with Crippen LogP contribution >= 0.6 is 23.1 Å². The number of piperazine rings is 1. The van der Waals surface area contributed by atoms with E-state index in [9.17, 15) is 9.59 Å². The van der Waals surface area contributed by atoms with Crippen LogP contribution in [0.3, 0.4) is 0 Å². The number of rotatable bonds is 5. The molecule has 1 fully saturated rings. The lowest BCUT2D eigenvalue weighted by Gasteiger charge is -2.34. The van der Waals surface area contributed by atoms with E-state index in [1.165, 1.54) is 11.3 Å². The van der Waals surface area contributed by atoms with Crippen LogP contribution < -0.4 is 0 Å². The van der Waals surface area contributed by atoms with E-state index in [0.29, 0.717) is 31.9 Å². The van der Waals surface area contributed by atoms with E-state index in [1.54, 1.807) is 18.0 Å². The van der Waals surface area contributed by atoms with Crippen LogP contribution in [0.25, 0.3) is 0 Å². The van der Waals surface area contributed by atoms with Crippen molar-refractivity contribution < 1.29 is 9.59 Å². The zero-order chi connectivity index (χ0) is 17.6. The van der Waals surface area contributed by atoms with Gasteiger partial charge in [-0.05, 0) is 31.2 Å². The lowest BCUT2D eigenvalue weighted by Crippen LogP contribution is -2.51. The van der Waals surface area contributed by atoms with Crippen molar-refractivity contribution >= 4 is 34.9 Å². The van der Waals surface area contributed by atoms with Crippen molar-refractivity contribution in [2.75, 3.05) is 31.9 Å². The standard InChI is InChI=1S/C18H21N3O2S2/c1-14-5-6-16(25-14)18(23)21-10-8-20(9-11-21)17(22)13-24-12-15-4-2-3-7-19-15/h2-7H,8-13H2,1H3. The summed E-state index contributed by atoms with van der Waals surface area (Å²) in [6.07, 6.45) is 1.77. The number of thiophene rings is 1. The minimum Gasteiger partial charge on any atom is -0.338 e. The van der Waals surface area contributed by atoms with Crippen LogP contribution in [-0.2, 0) is 10.5 Å². The number of hydrogen-bond donors (Lipinski definition) is 0. The average molecular weight is 376 g/mol.